The second-order valence-corrected chi connectivity index (χ2v) is 4.25. The van der Waals surface area contributed by atoms with Gasteiger partial charge in [0.1, 0.15) is 0 Å². The van der Waals surface area contributed by atoms with E-state index < -0.39 is 0 Å². The highest BCUT2D eigenvalue weighted by Crippen LogP contribution is 2.12. The van der Waals surface area contributed by atoms with Crippen molar-refractivity contribution in [1.29, 1.82) is 5.26 Å². The van der Waals surface area contributed by atoms with Gasteiger partial charge in [0, 0.05) is 32.5 Å². The van der Waals surface area contributed by atoms with Crippen molar-refractivity contribution in [3.05, 3.63) is 35.4 Å². The summed E-state index contributed by atoms with van der Waals surface area (Å²) < 4.78 is 0. The van der Waals surface area contributed by atoms with E-state index in [2.05, 4.69) is 16.1 Å². The van der Waals surface area contributed by atoms with Gasteiger partial charge in [-0.25, -0.2) is 0 Å². The summed E-state index contributed by atoms with van der Waals surface area (Å²) in [5.74, 6) is 0. The number of likely N-dealkylation sites (tertiary alicyclic amines) is 1. The molecular formula is C13H15N3O. The average Bonchev–Trinajstić information content (AvgIpc) is 2.40. The number of oxime groups is 1. The van der Waals surface area contributed by atoms with Crippen molar-refractivity contribution in [2.45, 2.75) is 19.4 Å². The van der Waals surface area contributed by atoms with Crippen LogP contribution >= 0.6 is 0 Å². The molecular weight excluding hydrogens is 214 g/mol. The van der Waals surface area contributed by atoms with E-state index in [1.165, 1.54) is 5.56 Å². The van der Waals surface area contributed by atoms with Gasteiger partial charge >= 0.3 is 0 Å². The van der Waals surface area contributed by atoms with E-state index in [-0.39, 0.29) is 0 Å². The van der Waals surface area contributed by atoms with E-state index in [1.807, 2.05) is 24.3 Å². The van der Waals surface area contributed by atoms with Crippen LogP contribution in [0.15, 0.2) is 29.4 Å². The Morgan fingerprint density at radius 1 is 1.24 bits per heavy atom. The summed E-state index contributed by atoms with van der Waals surface area (Å²) in [4.78, 5) is 2.33. The van der Waals surface area contributed by atoms with E-state index in [0.717, 1.165) is 38.2 Å². The topological polar surface area (TPSA) is 59.6 Å². The highest BCUT2D eigenvalue weighted by atomic mass is 16.4. The molecule has 1 heterocycles. The third kappa shape index (κ3) is 3.05. The molecule has 17 heavy (non-hydrogen) atoms. The molecule has 0 bridgehead atoms. The number of nitriles is 1. The van der Waals surface area contributed by atoms with Gasteiger partial charge in [-0.3, -0.25) is 4.90 Å². The summed E-state index contributed by atoms with van der Waals surface area (Å²) in [6, 6.07) is 9.80. The third-order valence-electron chi connectivity index (χ3n) is 3.06. The van der Waals surface area contributed by atoms with E-state index in [1.54, 1.807) is 0 Å². The predicted octanol–water partition coefficient (Wildman–Crippen LogP) is 1.98. The number of hydrogen-bond acceptors (Lipinski definition) is 4. The molecule has 88 valence electrons. The Bertz CT molecular complexity index is 435. The smallest absolute Gasteiger partial charge is 0.0991 e. The van der Waals surface area contributed by atoms with Crippen LogP contribution in [0, 0.1) is 11.3 Å². The van der Waals surface area contributed by atoms with Crippen molar-refractivity contribution in [3.63, 3.8) is 0 Å². The SMILES string of the molecule is N#Cc1ccc(CN2CCC(=NO)CC2)cc1. The lowest BCUT2D eigenvalue weighted by molar-refractivity contribution is 0.256. The number of piperidine rings is 1. The molecule has 0 aliphatic carbocycles. The first kappa shape index (κ1) is 11.6. The number of rotatable bonds is 2. The standard InChI is InChI=1S/C13H15N3O/c14-9-11-1-3-12(4-2-11)10-16-7-5-13(15-17)6-8-16/h1-4,17H,5-8,10H2. The number of hydrogen-bond donors (Lipinski definition) is 1. The second kappa shape index (κ2) is 5.46. The molecule has 0 aromatic heterocycles. The van der Waals surface area contributed by atoms with Crippen LogP contribution in [0.1, 0.15) is 24.0 Å². The summed E-state index contributed by atoms with van der Waals surface area (Å²) >= 11 is 0. The summed E-state index contributed by atoms with van der Waals surface area (Å²) in [6.07, 6.45) is 1.68. The van der Waals surface area contributed by atoms with Crippen molar-refractivity contribution in [2.75, 3.05) is 13.1 Å². The minimum atomic E-state index is 0.696. The molecule has 1 aromatic rings. The Morgan fingerprint density at radius 3 is 2.41 bits per heavy atom. The van der Waals surface area contributed by atoms with Crippen LogP contribution in [0.5, 0.6) is 0 Å². The van der Waals surface area contributed by atoms with Gasteiger partial charge in [0.25, 0.3) is 0 Å². The highest BCUT2D eigenvalue weighted by Gasteiger charge is 2.15. The first-order valence-electron chi connectivity index (χ1n) is 5.73. The number of benzene rings is 1. The van der Waals surface area contributed by atoms with E-state index >= 15 is 0 Å². The predicted molar refractivity (Wildman–Crippen MR) is 64.9 cm³/mol. The van der Waals surface area contributed by atoms with Gasteiger partial charge in [0.05, 0.1) is 17.3 Å². The Kier molecular flexibility index (Phi) is 3.73. The molecule has 1 aliphatic rings. The molecule has 0 amide bonds. The molecule has 0 atom stereocenters. The normalized spacial score (nSPS) is 16.5. The van der Waals surface area contributed by atoms with Crippen LogP contribution < -0.4 is 0 Å². The number of nitrogens with zero attached hydrogens (tertiary/aromatic N) is 3. The highest BCUT2D eigenvalue weighted by molar-refractivity contribution is 5.84. The Hall–Kier alpha value is -1.86. The quantitative estimate of drug-likeness (QED) is 0.623. The molecule has 1 N–H and O–H groups in total. The van der Waals surface area contributed by atoms with Gasteiger partial charge in [0.15, 0.2) is 0 Å². The Balaban J connectivity index is 1.91. The van der Waals surface area contributed by atoms with Crippen LogP contribution in [0.2, 0.25) is 0 Å². The van der Waals surface area contributed by atoms with Crippen molar-refractivity contribution in [3.8, 4) is 6.07 Å². The van der Waals surface area contributed by atoms with Gasteiger partial charge in [-0.1, -0.05) is 17.3 Å². The van der Waals surface area contributed by atoms with Gasteiger partial charge in [-0.15, -0.1) is 0 Å². The second-order valence-electron chi connectivity index (χ2n) is 4.25. The summed E-state index contributed by atoms with van der Waals surface area (Å²) in [5.41, 5.74) is 2.80. The largest absolute Gasteiger partial charge is 0.411 e. The lowest BCUT2D eigenvalue weighted by atomic mass is 10.1. The first-order valence-corrected chi connectivity index (χ1v) is 5.73. The van der Waals surface area contributed by atoms with E-state index in [4.69, 9.17) is 10.5 Å². The maximum Gasteiger partial charge on any atom is 0.0991 e. The molecule has 1 aliphatic heterocycles. The van der Waals surface area contributed by atoms with E-state index in [9.17, 15) is 0 Å². The minimum Gasteiger partial charge on any atom is -0.411 e. The third-order valence-corrected chi connectivity index (χ3v) is 3.06. The molecule has 1 fully saturated rings. The van der Waals surface area contributed by atoms with Gasteiger partial charge in [-0.05, 0) is 17.7 Å². The van der Waals surface area contributed by atoms with Gasteiger partial charge in [-0.2, -0.15) is 5.26 Å². The van der Waals surface area contributed by atoms with Crippen LogP contribution in [0.4, 0.5) is 0 Å². The van der Waals surface area contributed by atoms with Crippen LogP contribution in [0.3, 0.4) is 0 Å². The zero-order valence-corrected chi connectivity index (χ0v) is 9.63. The van der Waals surface area contributed by atoms with Crippen LogP contribution in [-0.4, -0.2) is 28.9 Å². The van der Waals surface area contributed by atoms with Crippen LogP contribution in [-0.2, 0) is 6.54 Å². The molecule has 0 unspecified atom stereocenters. The molecule has 0 saturated carbocycles. The molecule has 4 heteroatoms. The van der Waals surface area contributed by atoms with E-state index in [0.29, 0.717) is 5.56 Å². The lowest BCUT2D eigenvalue weighted by Gasteiger charge is -2.26. The van der Waals surface area contributed by atoms with Crippen molar-refractivity contribution in [2.24, 2.45) is 5.16 Å². The fourth-order valence-electron chi connectivity index (χ4n) is 2.01. The van der Waals surface area contributed by atoms with Crippen molar-refractivity contribution in [1.82, 2.24) is 4.90 Å². The summed E-state index contributed by atoms with van der Waals surface area (Å²) in [7, 11) is 0. The molecule has 4 nitrogen and oxygen atoms in total. The monoisotopic (exact) mass is 229 g/mol. The summed E-state index contributed by atoms with van der Waals surface area (Å²) in [5, 5.41) is 20.6. The fraction of sp³-hybridized carbons (Fsp3) is 0.385. The maximum atomic E-state index is 8.71. The summed E-state index contributed by atoms with van der Waals surface area (Å²) in [6.45, 7) is 2.75. The van der Waals surface area contributed by atoms with Gasteiger partial charge < -0.3 is 5.21 Å². The van der Waals surface area contributed by atoms with Gasteiger partial charge in [0.2, 0.25) is 0 Å². The minimum absolute atomic E-state index is 0.696. The molecule has 0 radical (unpaired) electrons. The van der Waals surface area contributed by atoms with Crippen molar-refractivity contribution >= 4 is 5.71 Å². The lowest BCUT2D eigenvalue weighted by Crippen LogP contribution is -2.33. The molecule has 1 saturated heterocycles. The molecule has 1 aromatic carbocycles. The van der Waals surface area contributed by atoms with Crippen LogP contribution in [0.25, 0.3) is 0 Å². The Morgan fingerprint density at radius 2 is 1.88 bits per heavy atom. The maximum absolute atomic E-state index is 8.71. The molecule has 2 rings (SSSR count). The average molecular weight is 229 g/mol. The molecule has 0 spiro atoms. The fourth-order valence-corrected chi connectivity index (χ4v) is 2.01. The zero-order valence-electron chi connectivity index (χ0n) is 9.63. The first-order chi connectivity index (χ1) is 8.31. The Labute approximate surface area is 101 Å². The van der Waals surface area contributed by atoms with Crippen molar-refractivity contribution < 1.29 is 5.21 Å². The zero-order chi connectivity index (χ0) is 12.1.